The van der Waals surface area contributed by atoms with E-state index in [-0.39, 0.29) is 29.7 Å². The molecule has 3 rings (SSSR count). The summed E-state index contributed by atoms with van der Waals surface area (Å²) < 4.78 is 6.31. The van der Waals surface area contributed by atoms with E-state index >= 15 is 0 Å². The predicted octanol–water partition coefficient (Wildman–Crippen LogP) is 1.95. The number of H-pyrrole nitrogens is 1. The molecular weight excluding hydrogens is 372 g/mol. The third kappa shape index (κ3) is 3.91. The zero-order valence-electron chi connectivity index (χ0n) is 14.7. The summed E-state index contributed by atoms with van der Waals surface area (Å²) in [5.74, 6) is -0.418. The summed E-state index contributed by atoms with van der Waals surface area (Å²) in [4.78, 5) is 43.5. The molecule has 0 aliphatic carbocycles. The Morgan fingerprint density at radius 1 is 1.30 bits per heavy atom. The number of nitrogens with one attached hydrogen (secondary N) is 2. The quantitative estimate of drug-likeness (QED) is 0.694. The highest BCUT2D eigenvalue weighted by atomic mass is 35.5. The van der Waals surface area contributed by atoms with Crippen LogP contribution >= 0.6 is 11.6 Å². The van der Waals surface area contributed by atoms with Gasteiger partial charge in [-0.05, 0) is 37.3 Å². The number of aromatic nitrogens is 3. The van der Waals surface area contributed by atoms with E-state index in [1.54, 1.807) is 31.2 Å². The minimum atomic E-state index is -0.600. The van der Waals surface area contributed by atoms with Gasteiger partial charge in [-0.1, -0.05) is 11.6 Å². The van der Waals surface area contributed by atoms with Crippen molar-refractivity contribution in [1.29, 1.82) is 0 Å². The number of rotatable bonds is 5. The zero-order chi connectivity index (χ0) is 19.6. The summed E-state index contributed by atoms with van der Waals surface area (Å²) in [5, 5.41) is 3.44. The fourth-order valence-corrected chi connectivity index (χ4v) is 2.77. The molecule has 0 saturated carbocycles. The van der Waals surface area contributed by atoms with Gasteiger partial charge in [-0.15, -0.1) is 0 Å². The molecule has 1 amide bonds. The summed E-state index contributed by atoms with van der Waals surface area (Å²) >= 11 is 5.84. The maximum Gasteiger partial charge on any atom is 0.330 e. The lowest BCUT2D eigenvalue weighted by Gasteiger charge is -2.12. The summed E-state index contributed by atoms with van der Waals surface area (Å²) in [5.41, 5.74) is 0.223. The second-order valence-electron chi connectivity index (χ2n) is 5.86. The van der Waals surface area contributed by atoms with Crippen LogP contribution in [0.1, 0.15) is 16.1 Å². The number of benzene rings is 1. The Hall–Kier alpha value is -2.97. The third-order valence-electron chi connectivity index (χ3n) is 4.02. The smallest absolute Gasteiger partial charge is 0.330 e. The first-order valence-corrected chi connectivity index (χ1v) is 8.49. The number of methoxy groups -OCH3 is 1. The number of anilines is 1. The highest BCUT2D eigenvalue weighted by molar-refractivity contribution is 6.30. The largest absolute Gasteiger partial charge is 0.383 e. The summed E-state index contributed by atoms with van der Waals surface area (Å²) in [6, 6.07) is 8.08. The SMILES string of the molecule is COCCn1c(=O)[nH]c(=O)c2cc(C(=O)Nc3ccc(Cl)cc3)c(C)nc21. The van der Waals surface area contributed by atoms with Crippen molar-refractivity contribution in [3.8, 4) is 0 Å². The van der Waals surface area contributed by atoms with Crippen molar-refractivity contribution in [3.05, 3.63) is 67.4 Å². The van der Waals surface area contributed by atoms with Gasteiger partial charge in [0.25, 0.3) is 11.5 Å². The van der Waals surface area contributed by atoms with E-state index in [9.17, 15) is 14.4 Å². The maximum atomic E-state index is 12.6. The van der Waals surface area contributed by atoms with E-state index in [0.717, 1.165) is 0 Å². The van der Waals surface area contributed by atoms with Crippen LogP contribution in [0.25, 0.3) is 11.0 Å². The lowest BCUT2D eigenvalue weighted by Crippen LogP contribution is -2.32. The normalized spacial score (nSPS) is 10.9. The molecule has 0 fully saturated rings. The maximum absolute atomic E-state index is 12.6. The third-order valence-corrected chi connectivity index (χ3v) is 4.28. The van der Waals surface area contributed by atoms with Crippen LogP contribution in [0, 0.1) is 6.92 Å². The van der Waals surface area contributed by atoms with Gasteiger partial charge in [-0.2, -0.15) is 0 Å². The monoisotopic (exact) mass is 388 g/mol. The minimum absolute atomic E-state index is 0.151. The van der Waals surface area contributed by atoms with Crippen LogP contribution in [-0.4, -0.2) is 34.2 Å². The molecule has 0 bridgehead atoms. The number of halogens is 1. The summed E-state index contributed by atoms with van der Waals surface area (Å²) in [7, 11) is 1.51. The van der Waals surface area contributed by atoms with Crippen molar-refractivity contribution in [2.45, 2.75) is 13.5 Å². The van der Waals surface area contributed by atoms with Crippen LogP contribution in [0.2, 0.25) is 5.02 Å². The van der Waals surface area contributed by atoms with Crippen molar-refractivity contribution >= 4 is 34.2 Å². The van der Waals surface area contributed by atoms with Crippen molar-refractivity contribution in [2.75, 3.05) is 19.0 Å². The molecule has 0 saturated heterocycles. The molecule has 8 nitrogen and oxygen atoms in total. The van der Waals surface area contributed by atoms with Crippen LogP contribution in [0.4, 0.5) is 5.69 Å². The highest BCUT2D eigenvalue weighted by Crippen LogP contribution is 2.17. The second kappa shape index (κ2) is 7.73. The van der Waals surface area contributed by atoms with Gasteiger partial charge in [0, 0.05) is 17.8 Å². The molecule has 0 radical (unpaired) electrons. The highest BCUT2D eigenvalue weighted by Gasteiger charge is 2.16. The van der Waals surface area contributed by atoms with E-state index in [0.29, 0.717) is 16.4 Å². The zero-order valence-corrected chi connectivity index (χ0v) is 15.5. The topological polar surface area (TPSA) is 106 Å². The summed E-state index contributed by atoms with van der Waals surface area (Å²) in [6.07, 6.45) is 0. The molecule has 0 atom stereocenters. The Labute approximate surface area is 158 Å². The molecule has 0 unspecified atom stereocenters. The van der Waals surface area contributed by atoms with Gasteiger partial charge in [0.2, 0.25) is 0 Å². The van der Waals surface area contributed by atoms with Crippen molar-refractivity contribution in [1.82, 2.24) is 14.5 Å². The number of carbonyl (C=O) groups excluding carboxylic acids is 1. The van der Waals surface area contributed by atoms with Gasteiger partial charge in [0.15, 0.2) is 0 Å². The number of aromatic amines is 1. The van der Waals surface area contributed by atoms with E-state index in [1.165, 1.54) is 17.7 Å². The molecule has 2 aromatic heterocycles. The Morgan fingerprint density at radius 2 is 2.00 bits per heavy atom. The number of ether oxygens (including phenoxy) is 1. The molecule has 3 aromatic rings. The average Bonchev–Trinajstić information content (AvgIpc) is 2.63. The van der Waals surface area contributed by atoms with Crippen LogP contribution in [0.3, 0.4) is 0 Å². The molecule has 0 aliphatic heterocycles. The number of amides is 1. The Bertz CT molecular complexity index is 1120. The first kappa shape index (κ1) is 18.8. The molecule has 1 aromatic carbocycles. The van der Waals surface area contributed by atoms with Crippen LogP contribution in [0.15, 0.2) is 39.9 Å². The Balaban J connectivity index is 2.06. The van der Waals surface area contributed by atoms with Gasteiger partial charge in [0.05, 0.1) is 29.8 Å². The molecule has 0 spiro atoms. The van der Waals surface area contributed by atoms with Crippen molar-refractivity contribution in [2.24, 2.45) is 0 Å². The predicted molar refractivity (Wildman–Crippen MR) is 103 cm³/mol. The van der Waals surface area contributed by atoms with Crippen molar-refractivity contribution in [3.63, 3.8) is 0 Å². The van der Waals surface area contributed by atoms with Gasteiger partial charge >= 0.3 is 5.69 Å². The number of hydrogen-bond donors (Lipinski definition) is 2. The molecule has 9 heteroatoms. The van der Waals surface area contributed by atoms with Gasteiger partial charge in [-0.3, -0.25) is 19.1 Å². The Kier molecular flexibility index (Phi) is 5.38. The summed E-state index contributed by atoms with van der Waals surface area (Å²) in [6.45, 7) is 2.15. The standard InChI is InChI=1S/C18H17ClN4O4/c1-10-13(16(24)21-12-5-3-11(19)4-6-12)9-14-15(20-10)23(7-8-27-2)18(26)22-17(14)25/h3-6,9H,7-8H2,1-2H3,(H,21,24)(H,22,25,26). The number of fused-ring (bicyclic) bond motifs is 1. The number of hydrogen-bond acceptors (Lipinski definition) is 5. The van der Waals surface area contributed by atoms with Gasteiger partial charge < -0.3 is 10.1 Å². The number of nitrogens with zero attached hydrogens (tertiary/aromatic N) is 2. The molecular formula is C18H17ClN4O4. The van der Waals surface area contributed by atoms with E-state index < -0.39 is 17.2 Å². The van der Waals surface area contributed by atoms with Gasteiger partial charge in [-0.25, -0.2) is 9.78 Å². The number of aryl methyl sites for hydroxylation is 1. The molecule has 2 heterocycles. The lowest BCUT2D eigenvalue weighted by atomic mass is 10.1. The van der Waals surface area contributed by atoms with Gasteiger partial charge in [0.1, 0.15) is 5.65 Å². The first-order chi connectivity index (χ1) is 12.9. The second-order valence-corrected chi connectivity index (χ2v) is 6.29. The molecule has 0 aliphatic rings. The lowest BCUT2D eigenvalue weighted by molar-refractivity contribution is 0.102. The number of pyridine rings is 1. The van der Waals surface area contributed by atoms with Crippen LogP contribution in [0.5, 0.6) is 0 Å². The molecule has 2 N–H and O–H groups in total. The number of carbonyl (C=O) groups is 1. The fourth-order valence-electron chi connectivity index (χ4n) is 2.65. The van der Waals surface area contributed by atoms with E-state index in [4.69, 9.17) is 16.3 Å². The van der Waals surface area contributed by atoms with Crippen LogP contribution < -0.4 is 16.6 Å². The van der Waals surface area contributed by atoms with E-state index in [2.05, 4.69) is 15.3 Å². The van der Waals surface area contributed by atoms with Crippen molar-refractivity contribution < 1.29 is 9.53 Å². The van der Waals surface area contributed by atoms with Crippen LogP contribution in [-0.2, 0) is 11.3 Å². The first-order valence-electron chi connectivity index (χ1n) is 8.11. The average molecular weight is 389 g/mol. The Morgan fingerprint density at radius 3 is 2.67 bits per heavy atom. The van der Waals surface area contributed by atoms with E-state index in [1.807, 2.05) is 0 Å². The molecule has 140 valence electrons. The minimum Gasteiger partial charge on any atom is -0.383 e. The fraction of sp³-hybridized carbons (Fsp3) is 0.222. The molecule has 27 heavy (non-hydrogen) atoms.